The van der Waals surface area contributed by atoms with Gasteiger partial charge in [-0.25, -0.2) is 5.14 Å². The van der Waals surface area contributed by atoms with Gasteiger partial charge in [0.05, 0.1) is 6.20 Å². The molecule has 0 aliphatic heterocycles. The predicted octanol–water partition coefficient (Wildman–Crippen LogP) is -0.965. The van der Waals surface area contributed by atoms with Crippen LogP contribution in [-0.2, 0) is 17.3 Å². The fourth-order valence-corrected chi connectivity index (χ4v) is 1.11. The molecule has 3 N–H and O–H groups in total. The molecule has 0 radical (unpaired) electrons. The van der Waals surface area contributed by atoms with Gasteiger partial charge in [-0.1, -0.05) is 0 Å². The minimum Gasteiger partial charge on any atom is -0.255 e. The number of hydrogen-bond donors (Lipinski definition) is 2. The summed E-state index contributed by atoms with van der Waals surface area (Å²) in [5.41, 5.74) is 0. The average Bonchev–Trinajstić information content (AvgIpc) is 2.12. The summed E-state index contributed by atoms with van der Waals surface area (Å²) in [5, 5.41) is 8.45. The summed E-state index contributed by atoms with van der Waals surface area (Å²) in [5.74, 6) is 0.340. The molecular formula is C4H8N4O2S. The maximum absolute atomic E-state index is 10.5. The van der Waals surface area contributed by atoms with Gasteiger partial charge in [-0.3, -0.25) is 9.40 Å². The van der Waals surface area contributed by atoms with E-state index >= 15 is 0 Å². The van der Waals surface area contributed by atoms with Crippen molar-refractivity contribution in [2.45, 2.75) is 0 Å². The highest BCUT2D eigenvalue weighted by Gasteiger charge is 2.03. The third-order valence-corrected chi connectivity index (χ3v) is 1.56. The monoisotopic (exact) mass is 176 g/mol. The lowest BCUT2D eigenvalue weighted by molar-refractivity contribution is 0.602. The summed E-state index contributed by atoms with van der Waals surface area (Å²) in [6, 6.07) is 1.50. The van der Waals surface area contributed by atoms with Crippen molar-refractivity contribution in [1.82, 2.24) is 9.78 Å². The van der Waals surface area contributed by atoms with Gasteiger partial charge in [0, 0.05) is 13.1 Å². The third-order valence-electron chi connectivity index (χ3n) is 1.07. The van der Waals surface area contributed by atoms with Crippen LogP contribution in [0.2, 0.25) is 0 Å². The highest BCUT2D eigenvalue weighted by Crippen LogP contribution is 2.03. The van der Waals surface area contributed by atoms with Crippen LogP contribution in [0.25, 0.3) is 0 Å². The van der Waals surface area contributed by atoms with Crippen LogP contribution in [0.15, 0.2) is 12.3 Å². The summed E-state index contributed by atoms with van der Waals surface area (Å²) in [6.45, 7) is 0. The van der Waals surface area contributed by atoms with Crippen LogP contribution in [0.5, 0.6) is 0 Å². The number of aromatic nitrogens is 2. The van der Waals surface area contributed by atoms with Crippen LogP contribution >= 0.6 is 0 Å². The summed E-state index contributed by atoms with van der Waals surface area (Å²) < 4.78 is 24.4. The molecule has 0 atom stereocenters. The Balaban J connectivity index is 2.89. The van der Waals surface area contributed by atoms with Gasteiger partial charge in [-0.2, -0.15) is 13.5 Å². The van der Waals surface area contributed by atoms with Gasteiger partial charge in [0.1, 0.15) is 5.82 Å². The van der Waals surface area contributed by atoms with Crippen molar-refractivity contribution < 1.29 is 8.42 Å². The number of nitrogens with two attached hydrogens (primary N) is 1. The number of rotatable bonds is 2. The van der Waals surface area contributed by atoms with Gasteiger partial charge in [0.15, 0.2) is 0 Å². The van der Waals surface area contributed by atoms with E-state index in [9.17, 15) is 8.42 Å². The lowest BCUT2D eigenvalue weighted by Gasteiger charge is -2.01. The van der Waals surface area contributed by atoms with Gasteiger partial charge < -0.3 is 0 Å². The molecule has 1 aromatic rings. The van der Waals surface area contributed by atoms with Crippen molar-refractivity contribution in [3.63, 3.8) is 0 Å². The molecule has 0 aromatic carbocycles. The fourth-order valence-electron chi connectivity index (χ4n) is 0.620. The zero-order chi connectivity index (χ0) is 8.48. The van der Waals surface area contributed by atoms with Crippen molar-refractivity contribution in [3.8, 4) is 0 Å². The molecule has 1 aromatic heterocycles. The quantitative estimate of drug-likeness (QED) is 0.607. The zero-order valence-corrected chi connectivity index (χ0v) is 6.67. The van der Waals surface area contributed by atoms with Crippen molar-refractivity contribution >= 4 is 16.0 Å². The molecule has 0 bridgehead atoms. The molecule has 0 saturated carbocycles. The molecule has 7 heteroatoms. The lowest BCUT2D eigenvalue weighted by atomic mass is 10.7. The molecule has 0 saturated heterocycles. The SMILES string of the molecule is Cn1nccc1NS(N)(=O)=O. The van der Waals surface area contributed by atoms with E-state index in [1.165, 1.54) is 16.9 Å². The first-order chi connectivity index (χ1) is 4.99. The number of hydrogen-bond acceptors (Lipinski definition) is 3. The Labute approximate surface area is 64.2 Å². The first-order valence-corrected chi connectivity index (χ1v) is 4.32. The second kappa shape index (κ2) is 2.51. The van der Waals surface area contributed by atoms with Crippen LogP contribution in [0, 0.1) is 0 Å². The topological polar surface area (TPSA) is 90.0 Å². The standard InChI is InChI=1S/C4H8N4O2S/c1-8-4(2-3-6-8)7-11(5,9)10/h2-3,7H,1H3,(H2,5,9,10). The van der Waals surface area contributed by atoms with E-state index in [2.05, 4.69) is 9.82 Å². The minimum absolute atomic E-state index is 0.340. The number of nitrogens with one attached hydrogen (secondary N) is 1. The normalized spacial score (nSPS) is 11.5. The lowest BCUT2D eigenvalue weighted by Crippen LogP contribution is -2.23. The van der Waals surface area contributed by atoms with Crippen molar-refractivity contribution in [2.24, 2.45) is 12.2 Å². The van der Waals surface area contributed by atoms with Crippen LogP contribution in [0.4, 0.5) is 5.82 Å². The largest absolute Gasteiger partial charge is 0.297 e. The molecule has 1 heterocycles. The Morgan fingerprint density at radius 2 is 2.36 bits per heavy atom. The smallest absolute Gasteiger partial charge is 0.255 e. The molecule has 0 spiro atoms. The molecule has 62 valence electrons. The van der Waals surface area contributed by atoms with Crippen molar-refractivity contribution in [2.75, 3.05) is 4.72 Å². The Hall–Kier alpha value is -1.08. The van der Waals surface area contributed by atoms with Crippen molar-refractivity contribution in [1.29, 1.82) is 0 Å². The molecule has 0 fully saturated rings. The van der Waals surface area contributed by atoms with E-state index in [4.69, 9.17) is 5.14 Å². The summed E-state index contributed by atoms with van der Waals surface area (Å²) in [7, 11) is -2.08. The van der Waals surface area contributed by atoms with Crippen LogP contribution in [0.1, 0.15) is 0 Å². The number of aryl methyl sites for hydroxylation is 1. The molecule has 0 amide bonds. The zero-order valence-electron chi connectivity index (χ0n) is 5.85. The van der Waals surface area contributed by atoms with E-state index in [-0.39, 0.29) is 0 Å². The molecule has 0 aliphatic rings. The Bertz CT molecular complexity index is 341. The van der Waals surface area contributed by atoms with Gasteiger partial charge in [-0.15, -0.1) is 0 Å². The predicted molar refractivity (Wildman–Crippen MR) is 39.9 cm³/mol. The maximum Gasteiger partial charge on any atom is 0.297 e. The molecule has 0 unspecified atom stereocenters. The summed E-state index contributed by atoms with van der Waals surface area (Å²) >= 11 is 0. The highest BCUT2D eigenvalue weighted by atomic mass is 32.2. The van der Waals surface area contributed by atoms with Crippen LogP contribution in [0.3, 0.4) is 0 Å². The maximum atomic E-state index is 10.5. The Morgan fingerprint density at radius 1 is 1.73 bits per heavy atom. The Morgan fingerprint density at radius 3 is 2.73 bits per heavy atom. The van der Waals surface area contributed by atoms with Gasteiger partial charge in [0.25, 0.3) is 10.2 Å². The first kappa shape index (κ1) is 8.02. The second-order valence-corrected chi connectivity index (χ2v) is 3.28. The first-order valence-electron chi connectivity index (χ1n) is 2.77. The van der Waals surface area contributed by atoms with Crippen molar-refractivity contribution in [3.05, 3.63) is 12.3 Å². The van der Waals surface area contributed by atoms with Gasteiger partial charge in [0.2, 0.25) is 0 Å². The molecule has 1 rings (SSSR count). The molecule has 11 heavy (non-hydrogen) atoms. The minimum atomic E-state index is -3.68. The molecular weight excluding hydrogens is 168 g/mol. The number of nitrogens with zero attached hydrogens (tertiary/aromatic N) is 2. The highest BCUT2D eigenvalue weighted by molar-refractivity contribution is 7.90. The molecule has 6 nitrogen and oxygen atoms in total. The molecule has 0 aliphatic carbocycles. The van der Waals surface area contributed by atoms with E-state index < -0.39 is 10.2 Å². The van der Waals surface area contributed by atoms with Crippen LogP contribution in [-0.4, -0.2) is 18.2 Å². The van der Waals surface area contributed by atoms with E-state index in [1.54, 1.807) is 7.05 Å². The number of anilines is 1. The summed E-state index contributed by atoms with van der Waals surface area (Å²) in [6.07, 6.45) is 1.47. The van der Waals surface area contributed by atoms with E-state index in [1.807, 2.05) is 0 Å². The average molecular weight is 176 g/mol. The third kappa shape index (κ3) is 2.20. The fraction of sp³-hybridized carbons (Fsp3) is 0.250. The summed E-state index contributed by atoms with van der Waals surface area (Å²) in [4.78, 5) is 0. The van der Waals surface area contributed by atoms with E-state index in [0.717, 1.165) is 0 Å². The van der Waals surface area contributed by atoms with Gasteiger partial charge >= 0.3 is 0 Å². The van der Waals surface area contributed by atoms with Gasteiger partial charge in [-0.05, 0) is 0 Å². The van der Waals surface area contributed by atoms with E-state index in [0.29, 0.717) is 5.82 Å². The Kier molecular flexibility index (Phi) is 1.83. The van der Waals surface area contributed by atoms with Crippen LogP contribution < -0.4 is 9.86 Å². The second-order valence-electron chi connectivity index (χ2n) is 1.99.